The van der Waals surface area contributed by atoms with Crippen molar-refractivity contribution in [2.75, 3.05) is 18.4 Å². The topological polar surface area (TPSA) is 54.0 Å². The highest BCUT2D eigenvalue weighted by molar-refractivity contribution is 7.22. The molecule has 0 unspecified atom stereocenters. The molecule has 2 N–H and O–H groups in total. The molecular formula is C15H19N3OS. The van der Waals surface area contributed by atoms with Crippen LogP contribution in [-0.4, -0.2) is 24.0 Å². The Morgan fingerprint density at radius 1 is 1.35 bits per heavy atom. The van der Waals surface area contributed by atoms with E-state index in [1.54, 1.807) is 11.3 Å². The second-order valence-electron chi connectivity index (χ2n) is 5.46. The molecule has 0 atom stereocenters. The zero-order valence-electron chi connectivity index (χ0n) is 11.8. The maximum Gasteiger partial charge on any atom is 0.229 e. The molecule has 1 amide bonds. The maximum atomic E-state index is 12.2. The molecule has 0 spiro atoms. The summed E-state index contributed by atoms with van der Waals surface area (Å²) in [7, 11) is 0. The number of hydrogen-bond donors (Lipinski definition) is 2. The van der Waals surface area contributed by atoms with Crippen molar-refractivity contribution in [1.29, 1.82) is 0 Å². The Labute approximate surface area is 122 Å². The summed E-state index contributed by atoms with van der Waals surface area (Å²) in [4.78, 5) is 16.8. The summed E-state index contributed by atoms with van der Waals surface area (Å²) in [5, 5.41) is 6.98. The minimum Gasteiger partial charge on any atom is -0.317 e. The van der Waals surface area contributed by atoms with Crippen LogP contribution in [0.3, 0.4) is 0 Å². The number of nitrogens with zero attached hydrogens (tertiary/aromatic N) is 1. The Morgan fingerprint density at radius 3 is 2.85 bits per heavy atom. The minimum absolute atomic E-state index is 0.111. The van der Waals surface area contributed by atoms with Crippen molar-refractivity contribution in [3.63, 3.8) is 0 Å². The predicted octanol–water partition coefficient (Wildman–Crippen LogP) is 2.85. The third kappa shape index (κ3) is 2.69. The van der Waals surface area contributed by atoms with Crippen LogP contribution in [0.4, 0.5) is 5.13 Å². The van der Waals surface area contributed by atoms with Gasteiger partial charge in [0.25, 0.3) is 0 Å². The van der Waals surface area contributed by atoms with Crippen molar-refractivity contribution in [2.45, 2.75) is 26.7 Å². The van der Waals surface area contributed by atoms with Crippen LogP contribution in [0.1, 0.15) is 24.0 Å². The molecule has 0 saturated carbocycles. The lowest BCUT2D eigenvalue weighted by molar-refractivity contribution is -0.120. The number of anilines is 1. The summed E-state index contributed by atoms with van der Waals surface area (Å²) in [5.74, 6) is 0.228. The van der Waals surface area contributed by atoms with Crippen molar-refractivity contribution in [3.05, 3.63) is 23.3 Å². The lowest BCUT2D eigenvalue weighted by atomic mass is 9.97. The number of thiazole rings is 1. The number of fused-ring (bicyclic) bond motifs is 1. The summed E-state index contributed by atoms with van der Waals surface area (Å²) in [6.45, 7) is 6.01. The fraction of sp³-hybridized carbons (Fsp3) is 0.467. The van der Waals surface area contributed by atoms with Crippen LogP contribution in [-0.2, 0) is 4.79 Å². The number of aromatic nitrogens is 1. The Kier molecular flexibility index (Phi) is 3.72. The number of piperidine rings is 1. The third-order valence-corrected chi connectivity index (χ3v) is 4.88. The van der Waals surface area contributed by atoms with Crippen LogP contribution in [0.15, 0.2) is 12.1 Å². The number of aryl methyl sites for hydroxylation is 2. The highest BCUT2D eigenvalue weighted by Gasteiger charge is 2.21. The molecule has 106 valence electrons. The molecule has 1 aromatic carbocycles. The van der Waals surface area contributed by atoms with E-state index in [4.69, 9.17) is 0 Å². The van der Waals surface area contributed by atoms with Gasteiger partial charge in [0.05, 0.1) is 10.2 Å². The number of benzene rings is 1. The Morgan fingerprint density at radius 2 is 2.10 bits per heavy atom. The second kappa shape index (κ2) is 5.50. The number of carbonyl (C=O) groups excluding carboxylic acids is 1. The second-order valence-corrected chi connectivity index (χ2v) is 6.46. The van der Waals surface area contributed by atoms with Gasteiger partial charge in [-0.25, -0.2) is 4.98 Å². The highest BCUT2D eigenvalue weighted by Crippen LogP contribution is 2.30. The van der Waals surface area contributed by atoms with E-state index in [0.29, 0.717) is 0 Å². The van der Waals surface area contributed by atoms with E-state index in [1.165, 1.54) is 11.1 Å². The molecule has 1 aromatic heterocycles. The van der Waals surface area contributed by atoms with Gasteiger partial charge in [-0.15, -0.1) is 0 Å². The van der Waals surface area contributed by atoms with Gasteiger partial charge in [0.15, 0.2) is 5.13 Å². The molecule has 1 saturated heterocycles. The molecule has 20 heavy (non-hydrogen) atoms. The number of carbonyl (C=O) groups is 1. The van der Waals surface area contributed by atoms with Crippen molar-refractivity contribution in [1.82, 2.24) is 10.3 Å². The molecule has 2 heterocycles. The lowest BCUT2D eigenvalue weighted by Crippen LogP contribution is -2.34. The van der Waals surface area contributed by atoms with Crippen molar-refractivity contribution in [3.8, 4) is 0 Å². The highest BCUT2D eigenvalue weighted by atomic mass is 32.1. The number of amides is 1. The van der Waals surface area contributed by atoms with Crippen molar-refractivity contribution < 1.29 is 4.79 Å². The van der Waals surface area contributed by atoms with Gasteiger partial charge < -0.3 is 10.6 Å². The normalized spacial score (nSPS) is 16.5. The van der Waals surface area contributed by atoms with Crippen molar-refractivity contribution >= 4 is 32.6 Å². The van der Waals surface area contributed by atoms with Crippen LogP contribution in [0.2, 0.25) is 0 Å². The first kappa shape index (κ1) is 13.5. The van der Waals surface area contributed by atoms with E-state index in [0.717, 1.165) is 41.3 Å². The monoisotopic (exact) mass is 289 g/mol. The van der Waals surface area contributed by atoms with Gasteiger partial charge in [0.2, 0.25) is 5.91 Å². The summed E-state index contributed by atoms with van der Waals surface area (Å²) < 4.78 is 1.16. The van der Waals surface area contributed by atoms with Crippen LogP contribution < -0.4 is 10.6 Å². The zero-order valence-corrected chi connectivity index (χ0v) is 12.6. The Balaban J connectivity index is 1.80. The molecule has 5 heteroatoms. The standard InChI is InChI=1S/C15H19N3OS/c1-9-7-10(2)13-12(8-9)17-15(20-13)18-14(19)11-3-5-16-6-4-11/h7-8,11,16H,3-6H2,1-2H3,(H,17,18,19). The molecule has 0 aliphatic carbocycles. The number of nitrogens with one attached hydrogen (secondary N) is 2. The molecule has 3 rings (SSSR count). The maximum absolute atomic E-state index is 12.2. The molecule has 0 bridgehead atoms. The van der Waals surface area contributed by atoms with Gasteiger partial charge in [-0.3, -0.25) is 4.79 Å². The average Bonchev–Trinajstić information content (AvgIpc) is 2.82. The largest absolute Gasteiger partial charge is 0.317 e. The van der Waals surface area contributed by atoms with E-state index < -0.39 is 0 Å². The quantitative estimate of drug-likeness (QED) is 0.894. The van der Waals surface area contributed by atoms with Crippen molar-refractivity contribution in [2.24, 2.45) is 5.92 Å². The summed E-state index contributed by atoms with van der Waals surface area (Å²) >= 11 is 1.57. The van der Waals surface area contributed by atoms with E-state index in [1.807, 2.05) is 0 Å². The molecule has 1 aliphatic rings. The van der Waals surface area contributed by atoms with Gasteiger partial charge in [0.1, 0.15) is 0 Å². The fourth-order valence-electron chi connectivity index (χ4n) is 2.72. The summed E-state index contributed by atoms with van der Waals surface area (Å²) in [6.07, 6.45) is 1.82. The van der Waals surface area contributed by atoms with Crippen LogP contribution in [0.25, 0.3) is 10.2 Å². The number of hydrogen-bond acceptors (Lipinski definition) is 4. The summed E-state index contributed by atoms with van der Waals surface area (Å²) in [6, 6.07) is 4.22. The van der Waals surface area contributed by atoms with E-state index >= 15 is 0 Å². The SMILES string of the molecule is Cc1cc(C)c2sc(NC(=O)C3CCNCC3)nc2c1. The molecular weight excluding hydrogens is 270 g/mol. The van der Waals surface area contributed by atoms with Gasteiger partial charge in [-0.05, 0) is 57.0 Å². The van der Waals surface area contributed by atoms with Gasteiger partial charge in [0, 0.05) is 5.92 Å². The first-order valence-corrected chi connectivity index (χ1v) is 7.84. The number of rotatable bonds is 2. The fourth-order valence-corrected chi connectivity index (χ4v) is 3.64. The molecule has 0 radical (unpaired) electrons. The van der Waals surface area contributed by atoms with E-state index in [2.05, 4.69) is 41.6 Å². The Hall–Kier alpha value is -1.46. The van der Waals surface area contributed by atoms with Gasteiger partial charge >= 0.3 is 0 Å². The average molecular weight is 289 g/mol. The first-order valence-electron chi connectivity index (χ1n) is 7.03. The van der Waals surface area contributed by atoms with E-state index in [9.17, 15) is 4.79 Å². The van der Waals surface area contributed by atoms with Crippen LogP contribution in [0, 0.1) is 19.8 Å². The zero-order chi connectivity index (χ0) is 14.1. The molecule has 1 aliphatic heterocycles. The van der Waals surface area contributed by atoms with E-state index in [-0.39, 0.29) is 11.8 Å². The van der Waals surface area contributed by atoms with Gasteiger partial charge in [-0.1, -0.05) is 17.4 Å². The molecule has 1 fully saturated rings. The van der Waals surface area contributed by atoms with Crippen LogP contribution >= 0.6 is 11.3 Å². The lowest BCUT2D eigenvalue weighted by Gasteiger charge is -2.20. The molecule has 2 aromatic rings. The predicted molar refractivity (Wildman–Crippen MR) is 83.3 cm³/mol. The Bertz CT molecular complexity index is 644. The third-order valence-electron chi connectivity index (χ3n) is 3.76. The first-order chi connectivity index (χ1) is 9.63. The molecule has 4 nitrogen and oxygen atoms in total. The smallest absolute Gasteiger partial charge is 0.229 e. The van der Waals surface area contributed by atoms with Gasteiger partial charge in [-0.2, -0.15) is 0 Å². The van der Waals surface area contributed by atoms with Crippen LogP contribution in [0.5, 0.6) is 0 Å². The minimum atomic E-state index is 0.111. The summed E-state index contributed by atoms with van der Waals surface area (Å²) in [5.41, 5.74) is 3.41.